The number of nitrogens with zero attached hydrogens (tertiary/aromatic N) is 1. The van der Waals surface area contributed by atoms with E-state index in [1.165, 1.54) is 18.4 Å². The van der Waals surface area contributed by atoms with E-state index in [0.717, 1.165) is 19.5 Å². The molecule has 3 rings (SSSR count). The first-order valence-electron chi connectivity index (χ1n) is 5.76. The second-order valence-corrected chi connectivity index (χ2v) is 4.95. The summed E-state index contributed by atoms with van der Waals surface area (Å²) in [5.74, 6) is 0. The van der Waals surface area contributed by atoms with Gasteiger partial charge in [-0.25, -0.2) is 0 Å². The zero-order chi connectivity index (χ0) is 10.3. The molecule has 1 aromatic carbocycles. The summed E-state index contributed by atoms with van der Waals surface area (Å²) >= 11 is 0. The van der Waals surface area contributed by atoms with E-state index >= 15 is 0 Å². The van der Waals surface area contributed by atoms with Crippen LogP contribution in [0.3, 0.4) is 0 Å². The van der Waals surface area contributed by atoms with Crippen LogP contribution in [-0.2, 0) is 6.54 Å². The lowest BCUT2D eigenvalue weighted by Crippen LogP contribution is -2.30. The quantitative estimate of drug-likeness (QED) is 0.792. The highest BCUT2D eigenvalue weighted by Crippen LogP contribution is 2.49. The Bertz CT molecular complexity index is 345. The van der Waals surface area contributed by atoms with E-state index in [-0.39, 0.29) is 6.10 Å². The van der Waals surface area contributed by atoms with Gasteiger partial charge in [-0.2, -0.15) is 0 Å². The third-order valence-corrected chi connectivity index (χ3v) is 3.76. The molecule has 1 saturated heterocycles. The number of hydrogen-bond acceptors (Lipinski definition) is 2. The largest absolute Gasteiger partial charge is 0.392 e. The Morgan fingerprint density at radius 1 is 1.27 bits per heavy atom. The van der Waals surface area contributed by atoms with Crippen molar-refractivity contribution in [3.8, 4) is 0 Å². The number of hydrogen-bond donors (Lipinski definition) is 1. The minimum absolute atomic E-state index is 0.101. The fourth-order valence-electron chi connectivity index (χ4n) is 2.78. The van der Waals surface area contributed by atoms with Crippen molar-refractivity contribution in [1.29, 1.82) is 0 Å². The molecule has 1 aliphatic carbocycles. The van der Waals surface area contributed by atoms with E-state index in [9.17, 15) is 5.11 Å². The summed E-state index contributed by atoms with van der Waals surface area (Å²) in [7, 11) is 0. The van der Waals surface area contributed by atoms with E-state index in [1.807, 2.05) is 0 Å². The highest BCUT2D eigenvalue weighted by molar-refractivity contribution is 5.18. The summed E-state index contributed by atoms with van der Waals surface area (Å²) < 4.78 is 0. The van der Waals surface area contributed by atoms with Gasteiger partial charge in [0.2, 0.25) is 0 Å². The van der Waals surface area contributed by atoms with Crippen LogP contribution < -0.4 is 0 Å². The molecule has 2 aliphatic rings. The number of aliphatic hydroxyl groups is 1. The molecule has 1 atom stereocenters. The lowest BCUT2D eigenvalue weighted by Gasteiger charge is -2.23. The maximum absolute atomic E-state index is 9.71. The Morgan fingerprint density at radius 3 is 2.67 bits per heavy atom. The highest BCUT2D eigenvalue weighted by Gasteiger charge is 2.53. The first kappa shape index (κ1) is 9.37. The molecule has 1 aromatic rings. The summed E-state index contributed by atoms with van der Waals surface area (Å²) in [5.41, 5.74) is 1.73. The Morgan fingerprint density at radius 2 is 2.00 bits per heavy atom. The van der Waals surface area contributed by atoms with Crippen molar-refractivity contribution < 1.29 is 5.11 Å². The van der Waals surface area contributed by atoms with E-state index in [0.29, 0.717) is 5.54 Å². The minimum atomic E-state index is -0.101. The maximum Gasteiger partial charge on any atom is 0.0685 e. The lowest BCUT2D eigenvalue weighted by atomic mass is 10.1. The lowest BCUT2D eigenvalue weighted by molar-refractivity contribution is 0.171. The van der Waals surface area contributed by atoms with Crippen molar-refractivity contribution in [3.05, 3.63) is 35.9 Å². The molecule has 1 heterocycles. The zero-order valence-electron chi connectivity index (χ0n) is 8.89. The Balaban J connectivity index is 1.74. The summed E-state index contributed by atoms with van der Waals surface area (Å²) in [5, 5.41) is 9.71. The van der Waals surface area contributed by atoms with Gasteiger partial charge in [-0.15, -0.1) is 0 Å². The molecule has 2 heteroatoms. The van der Waals surface area contributed by atoms with Gasteiger partial charge in [0, 0.05) is 18.6 Å². The summed E-state index contributed by atoms with van der Waals surface area (Å²) in [6.45, 7) is 1.85. The Hall–Kier alpha value is -0.860. The molecule has 0 radical (unpaired) electrons. The summed E-state index contributed by atoms with van der Waals surface area (Å²) in [6, 6.07) is 10.6. The predicted octanol–water partition coefficient (Wildman–Crippen LogP) is 1.79. The van der Waals surface area contributed by atoms with Crippen LogP contribution >= 0.6 is 0 Å². The molecule has 80 valence electrons. The first-order chi connectivity index (χ1) is 7.28. The van der Waals surface area contributed by atoms with Crippen molar-refractivity contribution in [2.75, 3.05) is 6.54 Å². The molecule has 15 heavy (non-hydrogen) atoms. The van der Waals surface area contributed by atoms with Gasteiger partial charge in [0.1, 0.15) is 0 Å². The molecule has 0 unspecified atom stereocenters. The van der Waals surface area contributed by atoms with Crippen LogP contribution in [0, 0.1) is 0 Å². The van der Waals surface area contributed by atoms with Gasteiger partial charge in [0.05, 0.1) is 6.10 Å². The summed E-state index contributed by atoms with van der Waals surface area (Å²) in [4.78, 5) is 2.47. The SMILES string of the molecule is O[C@H]1CN(Cc2ccccc2)C2(CC2)C1. The van der Waals surface area contributed by atoms with Crippen LogP contribution in [0.25, 0.3) is 0 Å². The van der Waals surface area contributed by atoms with Crippen molar-refractivity contribution >= 4 is 0 Å². The molecular formula is C13H17NO. The standard InChI is InChI=1S/C13H17NO/c15-12-8-13(6-7-13)14(10-12)9-11-4-2-1-3-5-11/h1-5,12,15H,6-10H2/t12-/m1/s1. The van der Waals surface area contributed by atoms with Gasteiger partial charge in [-0.3, -0.25) is 4.90 Å². The van der Waals surface area contributed by atoms with E-state index < -0.39 is 0 Å². The van der Waals surface area contributed by atoms with Crippen LogP contribution in [0.5, 0.6) is 0 Å². The van der Waals surface area contributed by atoms with Crippen LogP contribution in [0.1, 0.15) is 24.8 Å². The van der Waals surface area contributed by atoms with Gasteiger partial charge in [-0.05, 0) is 24.8 Å². The molecule has 1 spiro atoms. The molecular weight excluding hydrogens is 186 g/mol. The Labute approximate surface area is 90.5 Å². The normalized spacial score (nSPS) is 28.5. The van der Waals surface area contributed by atoms with Crippen molar-refractivity contribution in [3.63, 3.8) is 0 Å². The second-order valence-electron chi connectivity index (χ2n) is 4.95. The molecule has 0 aromatic heterocycles. The molecule has 2 fully saturated rings. The minimum Gasteiger partial charge on any atom is -0.392 e. The van der Waals surface area contributed by atoms with Crippen LogP contribution in [-0.4, -0.2) is 28.2 Å². The number of rotatable bonds is 2. The number of likely N-dealkylation sites (tertiary alicyclic amines) is 1. The van der Waals surface area contributed by atoms with Crippen LogP contribution in [0.2, 0.25) is 0 Å². The number of β-amino-alcohol motifs (C(OH)–C–C–N with tert-alkyl or cyclic N) is 1. The van der Waals surface area contributed by atoms with E-state index in [4.69, 9.17) is 0 Å². The molecule has 1 saturated carbocycles. The maximum atomic E-state index is 9.71. The van der Waals surface area contributed by atoms with Gasteiger partial charge in [0.15, 0.2) is 0 Å². The van der Waals surface area contributed by atoms with Gasteiger partial charge >= 0.3 is 0 Å². The van der Waals surface area contributed by atoms with Crippen LogP contribution in [0.4, 0.5) is 0 Å². The molecule has 2 nitrogen and oxygen atoms in total. The average molecular weight is 203 g/mol. The monoisotopic (exact) mass is 203 g/mol. The smallest absolute Gasteiger partial charge is 0.0685 e. The topological polar surface area (TPSA) is 23.5 Å². The first-order valence-corrected chi connectivity index (χ1v) is 5.76. The molecule has 0 bridgehead atoms. The van der Waals surface area contributed by atoms with Gasteiger partial charge < -0.3 is 5.11 Å². The molecule has 0 amide bonds. The zero-order valence-corrected chi connectivity index (χ0v) is 8.89. The summed E-state index contributed by atoms with van der Waals surface area (Å²) in [6.07, 6.45) is 3.43. The fraction of sp³-hybridized carbons (Fsp3) is 0.538. The van der Waals surface area contributed by atoms with Crippen molar-refractivity contribution in [2.45, 2.75) is 37.5 Å². The third kappa shape index (κ3) is 1.68. The van der Waals surface area contributed by atoms with E-state index in [1.54, 1.807) is 0 Å². The number of benzene rings is 1. The van der Waals surface area contributed by atoms with Crippen molar-refractivity contribution in [2.24, 2.45) is 0 Å². The highest BCUT2D eigenvalue weighted by atomic mass is 16.3. The molecule has 1 aliphatic heterocycles. The van der Waals surface area contributed by atoms with Crippen LogP contribution in [0.15, 0.2) is 30.3 Å². The average Bonchev–Trinajstić information content (AvgIpc) is 2.92. The Kier molecular flexibility index (Phi) is 2.08. The molecule has 1 N–H and O–H groups in total. The second kappa shape index (κ2) is 3.32. The van der Waals surface area contributed by atoms with E-state index in [2.05, 4.69) is 35.2 Å². The van der Waals surface area contributed by atoms with Gasteiger partial charge in [0.25, 0.3) is 0 Å². The van der Waals surface area contributed by atoms with Gasteiger partial charge in [-0.1, -0.05) is 30.3 Å². The predicted molar refractivity (Wildman–Crippen MR) is 59.4 cm³/mol. The van der Waals surface area contributed by atoms with Crippen molar-refractivity contribution in [1.82, 2.24) is 4.90 Å². The third-order valence-electron chi connectivity index (χ3n) is 3.76. The number of aliphatic hydroxyl groups excluding tert-OH is 1. The fourth-order valence-corrected chi connectivity index (χ4v) is 2.78.